The molecule has 0 radical (unpaired) electrons. The van der Waals surface area contributed by atoms with Gasteiger partial charge in [-0.25, -0.2) is 0 Å². The Bertz CT molecular complexity index is 1070. The molecule has 0 aromatic carbocycles. The molecule has 204 valence electrons. The zero-order valence-electron chi connectivity index (χ0n) is 21.6. The van der Waals surface area contributed by atoms with Gasteiger partial charge in [0.15, 0.2) is 17.5 Å². The SMILES string of the molecule is C=C1CC[C@@H](OC(C)=O)[C@@]2(C)[C@H](OC(C)=O)C[C@@]3(O)O[C@@]4([C@H](C)C(=O)O[C@@H]4[C@H](Cl)C3=C)[C@H](OC(C)=O)[C@H]12. The van der Waals surface area contributed by atoms with Crippen LogP contribution in [-0.4, -0.2) is 70.2 Å². The van der Waals surface area contributed by atoms with E-state index in [1.807, 2.05) is 0 Å². The number of halogens is 1. The molecule has 4 rings (SSSR count). The van der Waals surface area contributed by atoms with Gasteiger partial charge in [-0.1, -0.05) is 25.7 Å². The Balaban J connectivity index is 2.06. The number of hydrogen-bond acceptors (Lipinski definition) is 10. The van der Waals surface area contributed by atoms with Crippen molar-refractivity contribution in [3.05, 3.63) is 24.3 Å². The molecule has 1 spiro atoms. The predicted molar refractivity (Wildman–Crippen MR) is 128 cm³/mol. The molecule has 0 aromatic heterocycles. The summed E-state index contributed by atoms with van der Waals surface area (Å²) in [6, 6.07) is 0. The van der Waals surface area contributed by atoms with Gasteiger partial charge < -0.3 is 28.8 Å². The van der Waals surface area contributed by atoms with Crippen LogP contribution < -0.4 is 0 Å². The highest BCUT2D eigenvalue weighted by Crippen LogP contribution is 2.62. The summed E-state index contributed by atoms with van der Waals surface area (Å²) in [4.78, 5) is 50.0. The summed E-state index contributed by atoms with van der Waals surface area (Å²) >= 11 is 6.75. The number of rotatable bonds is 3. The number of fused-ring (bicyclic) bond motifs is 2. The summed E-state index contributed by atoms with van der Waals surface area (Å²) < 4.78 is 29.5. The average Bonchev–Trinajstić information content (AvgIpc) is 3.03. The van der Waals surface area contributed by atoms with Crippen LogP contribution in [0.2, 0.25) is 0 Å². The van der Waals surface area contributed by atoms with E-state index < -0.39 is 82.3 Å². The van der Waals surface area contributed by atoms with Crippen molar-refractivity contribution in [2.24, 2.45) is 17.3 Å². The molecule has 0 aromatic rings. The van der Waals surface area contributed by atoms with Gasteiger partial charge in [0, 0.05) is 38.7 Å². The number of aliphatic hydroxyl groups is 1. The molecule has 1 aliphatic carbocycles. The molecule has 4 fully saturated rings. The molecule has 10 nitrogen and oxygen atoms in total. The Hall–Kier alpha value is -2.43. The monoisotopic (exact) mass is 540 g/mol. The fourth-order valence-corrected chi connectivity index (χ4v) is 7.20. The van der Waals surface area contributed by atoms with Gasteiger partial charge in [-0.15, -0.1) is 11.6 Å². The maximum absolute atomic E-state index is 13.0. The third kappa shape index (κ3) is 3.99. The number of esters is 4. The molecule has 10 atom stereocenters. The van der Waals surface area contributed by atoms with Gasteiger partial charge in [0.2, 0.25) is 0 Å². The molecule has 2 bridgehead atoms. The minimum Gasteiger partial charge on any atom is -0.462 e. The highest BCUT2D eigenvalue weighted by atomic mass is 35.5. The van der Waals surface area contributed by atoms with Gasteiger partial charge in [-0.2, -0.15) is 0 Å². The summed E-state index contributed by atoms with van der Waals surface area (Å²) in [6.45, 7) is 15.1. The quantitative estimate of drug-likeness (QED) is 0.246. The Morgan fingerprint density at radius 2 is 1.62 bits per heavy atom. The molecule has 1 saturated carbocycles. The second kappa shape index (κ2) is 9.10. The topological polar surface area (TPSA) is 135 Å². The molecule has 3 heterocycles. The van der Waals surface area contributed by atoms with Crippen molar-refractivity contribution < 1.29 is 48.0 Å². The van der Waals surface area contributed by atoms with Gasteiger partial charge in [0.1, 0.15) is 18.3 Å². The Kier molecular flexibility index (Phi) is 6.79. The molecule has 3 saturated heterocycles. The summed E-state index contributed by atoms with van der Waals surface area (Å²) in [5.74, 6) is -6.65. The molecule has 4 aliphatic rings. The Morgan fingerprint density at radius 1 is 1.05 bits per heavy atom. The van der Waals surface area contributed by atoms with E-state index in [0.717, 1.165) is 0 Å². The first-order chi connectivity index (χ1) is 17.1. The number of carbonyl (C=O) groups is 4. The largest absolute Gasteiger partial charge is 0.462 e. The summed E-state index contributed by atoms with van der Waals surface area (Å²) in [6.07, 6.45) is -4.01. The summed E-state index contributed by atoms with van der Waals surface area (Å²) in [5, 5.41) is 10.8. The van der Waals surface area contributed by atoms with Crippen LogP contribution in [0.3, 0.4) is 0 Å². The number of ether oxygens (including phenoxy) is 5. The van der Waals surface area contributed by atoms with Crippen molar-refractivity contribution in [1.29, 1.82) is 0 Å². The van der Waals surface area contributed by atoms with Crippen molar-refractivity contribution >= 4 is 35.5 Å². The highest BCUT2D eigenvalue weighted by Gasteiger charge is 2.76. The minimum absolute atomic E-state index is 0.00357. The lowest BCUT2D eigenvalue weighted by molar-refractivity contribution is -0.344. The molecular weight excluding hydrogens is 508 g/mol. The van der Waals surface area contributed by atoms with E-state index in [2.05, 4.69) is 13.2 Å². The van der Waals surface area contributed by atoms with Crippen LogP contribution in [0.25, 0.3) is 0 Å². The zero-order valence-corrected chi connectivity index (χ0v) is 22.3. The maximum atomic E-state index is 13.0. The number of carbonyl (C=O) groups excluding carboxylic acids is 4. The third-order valence-electron chi connectivity index (χ3n) is 8.51. The van der Waals surface area contributed by atoms with E-state index in [9.17, 15) is 24.3 Å². The zero-order chi connectivity index (χ0) is 27.7. The standard InChI is InChI=1S/C26H33ClO10/c1-11-8-9-17(33-14(4)28)24(7)18(34-15(5)29)10-25(32)12(2)20(27)22-26(37-25,13(3)23(31)36-22)21(19(11)24)35-16(6)30/h13,17-22,32H,1-2,8-10H2,3-7H3/t13-,17-,18-,19+,20-,21-,22-,24+,25-,26+/m1/s1. The van der Waals surface area contributed by atoms with Crippen LogP contribution in [0.4, 0.5) is 0 Å². The smallest absolute Gasteiger partial charge is 0.312 e. The van der Waals surface area contributed by atoms with Crippen molar-refractivity contribution in [3.8, 4) is 0 Å². The fraction of sp³-hybridized carbons (Fsp3) is 0.692. The van der Waals surface area contributed by atoms with E-state index in [1.54, 1.807) is 13.8 Å². The number of hydrogen-bond donors (Lipinski definition) is 1. The Morgan fingerprint density at radius 3 is 2.19 bits per heavy atom. The fourth-order valence-electron chi connectivity index (χ4n) is 6.78. The molecule has 0 unspecified atom stereocenters. The van der Waals surface area contributed by atoms with E-state index in [1.165, 1.54) is 20.8 Å². The first-order valence-corrected chi connectivity index (χ1v) is 12.7. The first kappa shape index (κ1) is 27.6. The van der Waals surface area contributed by atoms with Crippen molar-refractivity contribution in [2.45, 2.75) is 95.1 Å². The van der Waals surface area contributed by atoms with Crippen LogP contribution >= 0.6 is 11.6 Å². The summed E-state index contributed by atoms with van der Waals surface area (Å²) in [5.41, 5.74) is -2.42. The molecule has 3 aliphatic heterocycles. The average molecular weight is 541 g/mol. The van der Waals surface area contributed by atoms with Crippen LogP contribution in [0.5, 0.6) is 0 Å². The molecule has 0 amide bonds. The lowest BCUT2D eigenvalue weighted by Crippen LogP contribution is -2.75. The van der Waals surface area contributed by atoms with Crippen molar-refractivity contribution in [2.75, 3.05) is 0 Å². The normalized spacial score (nSPS) is 44.9. The second-order valence-electron chi connectivity index (χ2n) is 10.7. The molecular formula is C26H33ClO10. The van der Waals surface area contributed by atoms with Crippen molar-refractivity contribution in [1.82, 2.24) is 0 Å². The van der Waals surface area contributed by atoms with E-state index in [0.29, 0.717) is 18.4 Å². The number of alkyl halides is 1. The third-order valence-corrected chi connectivity index (χ3v) is 9.00. The highest BCUT2D eigenvalue weighted by molar-refractivity contribution is 6.23. The van der Waals surface area contributed by atoms with Gasteiger partial charge in [-0.05, 0) is 19.8 Å². The van der Waals surface area contributed by atoms with Crippen LogP contribution in [0.15, 0.2) is 24.3 Å². The Labute approximate surface area is 220 Å². The van der Waals surface area contributed by atoms with Gasteiger partial charge in [0.25, 0.3) is 0 Å². The lowest BCUT2D eigenvalue weighted by atomic mass is 9.53. The predicted octanol–water partition coefficient (Wildman–Crippen LogP) is 2.34. The van der Waals surface area contributed by atoms with Crippen LogP contribution in [0.1, 0.15) is 53.9 Å². The lowest BCUT2D eigenvalue weighted by Gasteiger charge is -2.62. The van der Waals surface area contributed by atoms with Crippen LogP contribution in [-0.2, 0) is 42.9 Å². The van der Waals surface area contributed by atoms with Gasteiger partial charge in [0.05, 0.1) is 16.7 Å². The van der Waals surface area contributed by atoms with Gasteiger partial charge >= 0.3 is 23.9 Å². The van der Waals surface area contributed by atoms with E-state index >= 15 is 0 Å². The molecule has 11 heteroatoms. The first-order valence-electron chi connectivity index (χ1n) is 12.2. The van der Waals surface area contributed by atoms with Gasteiger partial charge in [-0.3, -0.25) is 19.2 Å². The minimum atomic E-state index is -2.21. The van der Waals surface area contributed by atoms with E-state index in [-0.39, 0.29) is 12.0 Å². The molecule has 37 heavy (non-hydrogen) atoms. The van der Waals surface area contributed by atoms with Crippen molar-refractivity contribution in [3.63, 3.8) is 0 Å². The van der Waals surface area contributed by atoms with E-state index in [4.69, 9.17) is 35.3 Å². The maximum Gasteiger partial charge on any atom is 0.312 e. The molecule has 1 N–H and O–H groups in total. The second-order valence-corrected chi connectivity index (χ2v) is 11.2. The van der Waals surface area contributed by atoms with Crippen LogP contribution in [0, 0.1) is 17.3 Å². The summed E-state index contributed by atoms with van der Waals surface area (Å²) in [7, 11) is 0.